The van der Waals surface area contributed by atoms with Crippen LogP contribution in [0.5, 0.6) is 0 Å². The van der Waals surface area contributed by atoms with Crippen molar-refractivity contribution in [1.82, 2.24) is 15.0 Å². The number of aryl methyl sites for hydroxylation is 1. The second kappa shape index (κ2) is 6.95. The standard InChI is InChI=1S/C15H18N6O/c1-12-18-14(20-17-11-13-3-2-4-16-10-13)9-15(19-12)21-5-7-22-8-6-21/h2-4,9-11H,5-8H2,1H3,(H,18,19,20)/b17-11-. The molecule has 0 atom stereocenters. The molecular formula is C15H18N6O. The number of morpholine rings is 1. The van der Waals surface area contributed by atoms with E-state index >= 15 is 0 Å². The molecule has 7 heteroatoms. The summed E-state index contributed by atoms with van der Waals surface area (Å²) >= 11 is 0. The number of nitrogens with one attached hydrogen (secondary N) is 1. The zero-order chi connectivity index (χ0) is 15.2. The van der Waals surface area contributed by atoms with Crippen LogP contribution in [-0.2, 0) is 4.74 Å². The lowest BCUT2D eigenvalue weighted by Gasteiger charge is -2.28. The van der Waals surface area contributed by atoms with Crippen LogP contribution in [0.15, 0.2) is 35.7 Å². The number of anilines is 2. The third-order valence-corrected chi connectivity index (χ3v) is 3.24. The maximum atomic E-state index is 5.37. The average molecular weight is 298 g/mol. The van der Waals surface area contributed by atoms with Gasteiger partial charge in [0.05, 0.1) is 19.4 Å². The Balaban J connectivity index is 1.70. The summed E-state index contributed by atoms with van der Waals surface area (Å²) in [4.78, 5) is 15.1. The van der Waals surface area contributed by atoms with E-state index < -0.39 is 0 Å². The Kier molecular flexibility index (Phi) is 4.55. The van der Waals surface area contributed by atoms with Crippen LogP contribution in [0.3, 0.4) is 0 Å². The maximum absolute atomic E-state index is 5.37. The minimum absolute atomic E-state index is 0.675. The Morgan fingerprint density at radius 2 is 2.18 bits per heavy atom. The molecule has 1 saturated heterocycles. The minimum atomic E-state index is 0.675. The van der Waals surface area contributed by atoms with Gasteiger partial charge in [0.2, 0.25) is 0 Å². The Morgan fingerprint density at radius 3 is 2.95 bits per heavy atom. The van der Waals surface area contributed by atoms with E-state index in [1.54, 1.807) is 18.6 Å². The number of rotatable bonds is 4. The van der Waals surface area contributed by atoms with Crippen molar-refractivity contribution in [3.8, 4) is 0 Å². The molecule has 1 aliphatic heterocycles. The second-order valence-corrected chi connectivity index (χ2v) is 4.91. The monoisotopic (exact) mass is 298 g/mol. The number of hydrogen-bond donors (Lipinski definition) is 1. The molecule has 2 aromatic heterocycles. The van der Waals surface area contributed by atoms with E-state index in [0.29, 0.717) is 11.6 Å². The van der Waals surface area contributed by atoms with Crippen molar-refractivity contribution in [2.24, 2.45) is 5.10 Å². The van der Waals surface area contributed by atoms with Gasteiger partial charge in [-0.15, -0.1) is 0 Å². The summed E-state index contributed by atoms with van der Waals surface area (Å²) < 4.78 is 5.37. The van der Waals surface area contributed by atoms with Crippen molar-refractivity contribution in [2.45, 2.75) is 6.92 Å². The molecule has 1 fully saturated rings. The van der Waals surface area contributed by atoms with Gasteiger partial charge < -0.3 is 9.64 Å². The molecule has 1 aliphatic rings. The molecule has 0 bridgehead atoms. The first-order valence-electron chi connectivity index (χ1n) is 7.19. The molecule has 0 saturated carbocycles. The molecule has 22 heavy (non-hydrogen) atoms. The SMILES string of the molecule is Cc1nc(N/N=C\c2cccnc2)cc(N2CCOCC2)n1. The molecule has 3 heterocycles. The predicted molar refractivity (Wildman–Crippen MR) is 85.3 cm³/mol. The lowest BCUT2D eigenvalue weighted by atomic mass is 10.3. The van der Waals surface area contributed by atoms with Gasteiger partial charge in [-0.25, -0.2) is 9.97 Å². The van der Waals surface area contributed by atoms with Gasteiger partial charge in [0.1, 0.15) is 11.6 Å². The Hall–Kier alpha value is -2.54. The van der Waals surface area contributed by atoms with E-state index in [1.165, 1.54) is 0 Å². The molecule has 0 unspecified atom stereocenters. The summed E-state index contributed by atoms with van der Waals surface area (Å²) in [6.07, 6.45) is 5.18. The molecule has 0 aromatic carbocycles. The largest absolute Gasteiger partial charge is 0.378 e. The fraction of sp³-hybridized carbons (Fsp3) is 0.333. The summed E-state index contributed by atoms with van der Waals surface area (Å²) in [5, 5.41) is 4.19. The van der Waals surface area contributed by atoms with E-state index in [9.17, 15) is 0 Å². The van der Waals surface area contributed by atoms with Crippen LogP contribution in [0.4, 0.5) is 11.6 Å². The third-order valence-electron chi connectivity index (χ3n) is 3.24. The first-order chi connectivity index (χ1) is 10.8. The quantitative estimate of drug-likeness (QED) is 0.680. The highest BCUT2D eigenvalue weighted by atomic mass is 16.5. The van der Waals surface area contributed by atoms with Crippen molar-refractivity contribution in [3.63, 3.8) is 0 Å². The summed E-state index contributed by atoms with van der Waals surface area (Å²) in [5.74, 6) is 2.28. The van der Waals surface area contributed by atoms with Gasteiger partial charge >= 0.3 is 0 Å². The van der Waals surface area contributed by atoms with Gasteiger partial charge in [-0.3, -0.25) is 10.4 Å². The number of aromatic nitrogens is 3. The Labute approximate surface area is 129 Å². The molecular weight excluding hydrogens is 280 g/mol. The minimum Gasteiger partial charge on any atom is -0.378 e. The van der Waals surface area contributed by atoms with Crippen molar-refractivity contribution in [3.05, 3.63) is 42.0 Å². The summed E-state index contributed by atoms with van der Waals surface area (Å²) in [7, 11) is 0. The van der Waals surface area contributed by atoms with Crippen LogP contribution < -0.4 is 10.3 Å². The smallest absolute Gasteiger partial charge is 0.152 e. The molecule has 114 valence electrons. The Bertz CT molecular complexity index is 640. The van der Waals surface area contributed by atoms with Gasteiger partial charge in [-0.2, -0.15) is 5.10 Å². The summed E-state index contributed by atoms with van der Waals surface area (Å²) in [5.41, 5.74) is 3.87. The lowest BCUT2D eigenvalue weighted by Crippen LogP contribution is -2.36. The lowest BCUT2D eigenvalue weighted by molar-refractivity contribution is 0.122. The summed E-state index contributed by atoms with van der Waals surface area (Å²) in [6.45, 7) is 5.01. The van der Waals surface area contributed by atoms with E-state index in [0.717, 1.165) is 37.7 Å². The van der Waals surface area contributed by atoms with Crippen LogP contribution in [0, 0.1) is 6.92 Å². The van der Waals surface area contributed by atoms with Crippen molar-refractivity contribution < 1.29 is 4.74 Å². The highest BCUT2D eigenvalue weighted by Gasteiger charge is 2.13. The van der Waals surface area contributed by atoms with Crippen molar-refractivity contribution >= 4 is 17.9 Å². The Morgan fingerprint density at radius 1 is 1.32 bits per heavy atom. The summed E-state index contributed by atoms with van der Waals surface area (Å²) in [6, 6.07) is 5.70. The number of ether oxygens (including phenoxy) is 1. The van der Waals surface area contributed by atoms with Gasteiger partial charge in [0.25, 0.3) is 0 Å². The van der Waals surface area contributed by atoms with E-state index in [2.05, 4.69) is 30.4 Å². The molecule has 1 N–H and O–H groups in total. The second-order valence-electron chi connectivity index (χ2n) is 4.91. The van der Waals surface area contributed by atoms with Gasteiger partial charge in [0, 0.05) is 37.1 Å². The molecule has 7 nitrogen and oxygen atoms in total. The van der Waals surface area contributed by atoms with Crippen LogP contribution in [-0.4, -0.2) is 47.5 Å². The zero-order valence-electron chi connectivity index (χ0n) is 12.4. The van der Waals surface area contributed by atoms with Crippen LogP contribution in [0.25, 0.3) is 0 Å². The third kappa shape index (κ3) is 3.76. The van der Waals surface area contributed by atoms with Gasteiger partial charge in [-0.1, -0.05) is 6.07 Å². The molecule has 2 aromatic rings. The topological polar surface area (TPSA) is 75.5 Å². The fourth-order valence-electron chi connectivity index (χ4n) is 2.19. The van der Waals surface area contributed by atoms with E-state index in [4.69, 9.17) is 4.74 Å². The first-order valence-corrected chi connectivity index (χ1v) is 7.19. The molecule has 0 radical (unpaired) electrons. The normalized spacial score (nSPS) is 15.2. The first kappa shape index (κ1) is 14.4. The average Bonchev–Trinajstić information content (AvgIpc) is 2.56. The number of nitrogens with zero attached hydrogens (tertiary/aromatic N) is 5. The molecule has 0 spiro atoms. The van der Waals surface area contributed by atoms with E-state index in [1.807, 2.05) is 25.1 Å². The molecule has 3 rings (SSSR count). The predicted octanol–water partition coefficient (Wildman–Crippen LogP) is 1.46. The van der Waals surface area contributed by atoms with Gasteiger partial charge in [0.15, 0.2) is 5.82 Å². The fourth-order valence-corrected chi connectivity index (χ4v) is 2.19. The van der Waals surface area contributed by atoms with Crippen molar-refractivity contribution in [2.75, 3.05) is 36.6 Å². The zero-order valence-corrected chi connectivity index (χ0v) is 12.4. The van der Waals surface area contributed by atoms with Crippen molar-refractivity contribution in [1.29, 1.82) is 0 Å². The maximum Gasteiger partial charge on any atom is 0.152 e. The number of hydrogen-bond acceptors (Lipinski definition) is 7. The van der Waals surface area contributed by atoms with Crippen LogP contribution >= 0.6 is 0 Å². The number of hydrazone groups is 1. The number of pyridine rings is 1. The van der Waals surface area contributed by atoms with Crippen LogP contribution in [0.2, 0.25) is 0 Å². The highest BCUT2D eigenvalue weighted by molar-refractivity contribution is 5.79. The molecule has 0 aliphatic carbocycles. The molecule has 0 amide bonds. The van der Waals surface area contributed by atoms with Gasteiger partial charge in [-0.05, 0) is 13.0 Å². The van der Waals surface area contributed by atoms with E-state index in [-0.39, 0.29) is 0 Å². The van der Waals surface area contributed by atoms with Crippen LogP contribution in [0.1, 0.15) is 11.4 Å². The highest BCUT2D eigenvalue weighted by Crippen LogP contribution is 2.17.